The maximum Gasteiger partial charge on any atom is 0.134 e. The lowest BCUT2D eigenvalue weighted by Gasteiger charge is -2.32. The van der Waals surface area contributed by atoms with E-state index >= 15 is 0 Å². The fourth-order valence-electron chi connectivity index (χ4n) is 2.70. The third-order valence-electron chi connectivity index (χ3n) is 3.77. The number of nitrogens with two attached hydrogens (primary N) is 1. The van der Waals surface area contributed by atoms with Crippen LogP contribution in [0.3, 0.4) is 0 Å². The Hall–Kier alpha value is -0.840. The zero-order chi connectivity index (χ0) is 13.8. The molecule has 1 aromatic rings. The predicted octanol–water partition coefficient (Wildman–Crippen LogP) is 2.95. The van der Waals surface area contributed by atoms with Crippen LogP contribution in [-0.2, 0) is 9.47 Å². The molecule has 0 aromatic carbocycles. The molecule has 4 atom stereocenters. The van der Waals surface area contributed by atoms with E-state index in [1.165, 1.54) is 0 Å². The summed E-state index contributed by atoms with van der Waals surface area (Å²) in [5, 5.41) is 0. The molecule has 0 saturated heterocycles. The Balaban J connectivity index is 2.00. The molecule has 0 amide bonds. The standard InChI is InChI=1S/C15H25NO3/c1-10-7-8-14(18-10)15(11(2)16)19-13-6-4-5-12(9-13)17-3/h7-8,11-13,15H,4-6,9,16H2,1-3H3. The molecule has 1 saturated carbocycles. The monoisotopic (exact) mass is 267 g/mol. The van der Waals surface area contributed by atoms with Crippen LogP contribution in [0.4, 0.5) is 0 Å². The Bertz CT molecular complexity index is 388. The average molecular weight is 267 g/mol. The van der Waals surface area contributed by atoms with Gasteiger partial charge in [-0.25, -0.2) is 0 Å². The van der Waals surface area contributed by atoms with Gasteiger partial charge in [-0.3, -0.25) is 0 Å². The number of hydrogen-bond donors (Lipinski definition) is 1. The molecule has 4 unspecified atom stereocenters. The molecular formula is C15H25NO3. The van der Waals surface area contributed by atoms with E-state index in [4.69, 9.17) is 19.6 Å². The molecule has 108 valence electrons. The zero-order valence-corrected chi connectivity index (χ0v) is 12.1. The molecule has 4 nitrogen and oxygen atoms in total. The second-order valence-electron chi connectivity index (χ2n) is 5.51. The molecule has 0 spiro atoms. The smallest absolute Gasteiger partial charge is 0.134 e. The molecule has 1 fully saturated rings. The van der Waals surface area contributed by atoms with Crippen LogP contribution in [0.25, 0.3) is 0 Å². The lowest BCUT2D eigenvalue weighted by molar-refractivity contribution is -0.0791. The predicted molar refractivity (Wildman–Crippen MR) is 74.0 cm³/mol. The average Bonchev–Trinajstić information content (AvgIpc) is 2.82. The third kappa shape index (κ3) is 3.81. The van der Waals surface area contributed by atoms with Crippen molar-refractivity contribution in [3.8, 4) is 0 Å². The van der Waals surface area contributed by atoms with Gasteiger partial charge in [0.15, 0.2) is 0 Å². The van der Waals surface area contributed by atoms with E-state index in [1.807, 2.05) is 26.0 Å². The maximum absolute atomic E-state index is 6.19. The number of ether oxygens (including phenoxy) is 2. The lowest BCUT2D eigenvalue weighted by atomic mass is 9.94. The highest BCUT2D eigenvalue weighted by Gasteiger charge is 2.28. The SMILES string of the molecule is COC1CCCC(OC(c2ccc(C)o2)C(C)N)C1. The molecular weight excluding hydrogens is 242 g/mol. The summed E-state index contributed by atoms with van der Waals surface area (Å²) in [5.41, 5.74) is 6.05. The molecule has 0 bridgehead atoms. The summed E-state index contributed by atoms with van der Waals surface area (Å²) in [7, 11) is 1.77. The summed E-state index contributed by atoms with van der Waals surface area (Å²) in [4.78, 5) is 0. The Morgan fingerprint density at radius 3 is 2.63 bits per heavy atom. The first-order chi connectivity index (χ1) is 9.10. The third-order valence-corrected chi connectivity index (χ3v) is 3.77. The van der Waals surface area contributed by atoms with Crippen molar-refractivity contribution in [1.82, 2.24) is 0 Å². The normalized spacial score (nSPS) is 27.2. The molecule has 2 N–H and O–H groups in total. The Morgan fingerprint density at radius 1 is 1.32 bits per heavy atom. The first kappa shape index (κ1) is 14.6. The molecule has 1 aromatic heterocycles. The molecule has 19 heavy (non-hydrogen) atoms. The molecule has 1 heterocycles. The zero-order valence-electron chi connectivity index (χ0n) is 12.1. The van der Waals surface area contributed by atoms with Crippen LogP contribution in [0.15, 0.2) is 16.5 Å². The van der Waals surface area contributed by atoms with Crippen molar-refractivity contribution in [2.24, 2.45) is 5.73 Å². The van der Waals surface area contributed by atoms with Gasteiger partial charge in [-0.15, -0.1) is 0 Å². The molecule has 0 aliphatic heterocycles. The number of methoxy groups -OCH3 is 1. The highest BCUT2D eigenvalue weighted by atomic mass is 16.5. The molecule has 4 heteroatoms. The molecule has 2 rings (SSSR count). The Labute approximate surface area is 115 Å². The number of hydrogen-bond acceptors (Lipinski definition) is 4. The molecule has 0 radical (unpaired) electrons. The van der Waals surface area contributed by atoms with Gasteiger partial charge >= 0.3 is 0 Å². The van der Waals surface area contributed by atoms with E-state index in [2.05, 4.69) is 0 Å². The van der Waals surface area contributed by atoms with Gasteiger partial charge < -0.3 is 19.6 Å². The number of rotatable bonds is 5. The van der Waals surface area contributed by atoms with Gasteiger partial charge in [0.25, 0.3) is 0 Å². The minimum Gasteiger partial charge on any atom is -0.464 e. The van der Waals surface area contributed by atoms with Crippen molar-refractivity contribution in [3.05, 3.63) is 23.7 Å². The van der Waals surface area contributed by atoms with E-state index in [0.29, 0.717) is 6.10 Å². The fraction of sp³-hybridized carbons (Fsp3) is 0.733. The molecule has 1 aliphatic rings. The summed E-state index contributed by atoms with van der Waals surface area (Å²) < 4.78 is 17.3. The number of aryl methyl sites for hydroxylation is 1. The quantitative estimate of drug-likeness (QED) is 0.891. The topological polar surface area (TPSA) is 57.6 Å². The minimum atomic E-state index is -0.172. The van der Waals surface area contributed by atoms with Crippen LogP contribution in [0, 0.1) is 6.92 Å². The number of furan rings is 1. The van der Waals surface area contributed by atoms with Gasteiger partial charge in [-0.05, 0) is 51.7 Å². The van der Waals surface area contributed by atoms with Crippen LogP contribution in [-0.4, -0.2) is 25.4 Å². The van der Waals surface area contributed by atoms with Crippen LogP contribution in [0.5, 0.6) is 0 Å². The summed E-state index contributed by atoms with van der Waals surface area (Å²) in [6.07, 6.45) is 4.63. The molecule has 1 aliphatic carbocycles. The summed E-state index contributed by atoms with van der Waals surface area (Å²) in [5.74, 6) is 1.72. The van der Waals surface area contributed by atoms with Gasteiger partial charge in [0.1, 0.15) is 17.6 Å². The Morgan fingerprint density at radius 2 is 2.05 bits per heavy atom. The van der Waals surface area contributed by atoms with Crippen molar-refractivity contribution in [1.29, 1.82) is 0 Å². The van der Waals surface area contributed by atoms with E-state index < -0.39 is 0 Å². The van der Waals surface area contributed by atoms with Crippen molar-refractivity contribution in [2.45, 2.75) is 63.9 Å². The summed E-state index contributed by atoms with van der Waals surface area (Å²) in [6.45, 7) is 3.89. The summed E-state index contributed by atoms with van der Waals surface area (Å²) in [6, 6.07) is 3.82. The Kier molecular flexibility index (Phi) is 5.02. The van der Waals surface area contributed by atoms with Gasteiger partial charge in [0.05, 0.1) is 12.2 Å². The highest BCUT2D eigenvalue weighted by molar-refractivity contribution is 5.10. The van der Waals surface area contributed by atoms with Crippen molar-refractivity contribution < 1.29 is 13.9 Å². The second-order valence-corrected chi connectivity index (χ2v) is 5.51. The van der Waals surface area contributed by atoms with Crippen molar-refractivity contribution >= 4 is 0 Å². The van der Waals surface area contributed by atoms with E-state index in [9.17, 15) is 0 Å². The minimum absolute atomic E-state index is 0.0894. The second kappa shape index (κ2) is 6.55. The van der Waals surface area contributed by atoms with E-state index in [-0.39, 0.29) is 18.2 Å². The largest absolute Gasteiger partial charge is 0.464 e. The van der Waals surface area contributed by atoms with Crippen LogP contribution >= 0.6 is 0 Å². The summed E-state index contributed by atoms with van der Waals surface area (Å²) >= 11 is 0. The van der Waals surface area contributed by atoms with Crippen LogP contribution in [0.2, 0.25) is 0 Å². The van der Waals surface area contributed by atoms with E-state index in [1.54, 1.807) is 7.11 Å². The van der Waals surface area contributed by atoms with Gasteiger partial charge in [0.2, 0.25) is 0 Å². The van der Waals surface area contributed by atoms with Gasteiger partial charge in [-0.2, -0.15) is 0 Å². The van der Waals surface area contributed by atoms with Crippen LogP contribution in [0.1, 0.15) is 50.2 Å². The van der Waals surface area contributed by atoms with Crippen LogP contribution < -0.4 is 5.73 Å². The first-order valence-electron chi connectivity index (χ1n) is 7.10. The first-order valence-corrected chi connectivity index (χ1v) is 7.10. The van der Waals surface area contributed by atoms with E-state index in [0.717, 1.165) is 37.2 Å². The fourth-order valence-corrected chi connectivity index (χ4v) is 2.70. The van der Waals surface area contributed by atoms with Gasteiger partial charge in [0, 0.05) is 13.2 Å². The highest BCUT2D eigenvalue weighted by Crippen LogP contribution is 2.30. The maximum atomic E-state index is 6.19. The van der Waals surface area contributed by atoms with Crippen molar-refractivity contribution in [2.75, 3.05) is 7.11 Å². The van der Waals surface area contributed by atoms with Crippen molar-refractivity contribution in [3.63, 3.8) is 0 Å². The van der Waals surface area contributed by atoms with Gasteiger partial charge in [-0.1, -0.05) is 0 Å². The lowest BCUT2D eigenvalue weighted by Crippen LogP contribution is -2.34.